The SMILES string of the molecule is Cc1cc(COC=C(C#N)C#N)oc1C. The van der Waals surface area contributed by atoms with Gasteiger partial charge in [-0.25, -0.2) is 0 Å². The summed E-state index contributed by atoms with van der Waals surface area (Å²) < 4.78 is 10.4. The molecule has 0 aliphatic heterocycles. The van der Waals surface area contributed by atoms with Gasteiger partial charge in [0.2, 0.25) is 0 Å². The molecule has 1 heterocycles. The second-order valence-electron chi connectivity index (χ2n) is 3.02. The summed E-state index contributed by atoms with van der Waals surface area (Å²) in [4.78, 5) is 0. The van der Waals surface area contributed by atoms with E-state index in [4.69, 9.17) is 19.7 Å². The minimum atomic E-state index is -0.0602. The zero-order chi connectivity index (χ0) is 11.3. The van der Waals surface area contributed by atoms with Crippen LogP contribution < -0.4 is 0 Å². The molecule has 0 aliphatic rings. The molecule has 76 valence electrons. The number of aryl methyl sites for hydroxylation is 2. The van der Waals surface area contributed by atoms with Crippen LogP contribution in [0.5, 0.6) is 0 Å². The summed E-state index contributed by atoms with van der Waals surface area (Å²) >= 11 is 0. The molecule has 0 spiro atoms. The molecule has 15 heavy (non-hydrogen) atoms. The second kappa shape index (κ2) is 4.88. The molecule has 0 bridgehead atoms. The summed E-state index contributed by atoms with van der Waals surface area (Å²) in [6.07, 6.45) is 1.13. The molecule has 0 saturated heterocycles. The predicted molar refractivity (Wildman–Crippen MR) is 52.3 cm³/mol. The second-order valence-corrected chi connectivity index (χ2v) is 3.02. The van der Waals surface area contributed by atoms with E-state index in [0.29, 0.717) is 5.76 Å². The van der Waals surface area contributed by atoms with Crippen molar-refractivity contribution >= 4 is 0 Å². The topological polar surface area (TPSA) is 69.9 Å². The van der Waals surface area contributed by atoms with Gasteiger partial charge in [-0.05, 0) is 25.5 Å². The number of hydrogen-bond acceptors (Lipinski definition) is 4. The monoisotopic (exact) mass is 202 g/mol. The van der Waals surface area contributed by atoms with Crippen molar-refractivity contribution in [1.82, 2.24) is 0 Å². The first-order valence-electron chi connectivity index (χ1n) is 4.35. The summed E-state index contributed by atoms with van der Waals surface area (Å²) in [7, 11) is 0. The quantitative estimate of drug-likeness (QED) is 0.557. The highest BCUT2D eigenvalue weighted by Crippen LogP contribution is 2.14. The minimum Gasteiger partial charge on any atom is -0.491 e. The summed E-state index contributed by atoms with van der Waals surface area (Å²) in [6, 6.07) is 5.26. The average molecular weight is 202 g/mol. The van der Waals surface area contributed by atoms with Crippen molar-refractivity contribution in [3.05, 3.63) is 35.0 Å². The van der Waals surface area contributed by atoms with E-state index in [1.54, 1.807) is 12.1 Å². The summed E-state index contributed by atoms with van der Waals surface area (Å²) in [6.45, 7) is 4.03. The van der Waals surface area contributed by atoms with Gasteiger partial charge in [0.1, 0.15) is 36.5 Å². The highest BCUT2D eigenvalue weighted by molar-refractivity contribution is 5.33. The smallest absolute Gasteiger partial charge is 0.164 e. The Morgan fingerprint density at radius 1 is 1.47 bits per heavy atom. The van der Waals surface area contributed by atoms with Crippen molar-refractivity contribution in [2.24, 2.45) is 0 Å². The van der Waals surface area contributed by atoms with Crippen LogP contribution in [-0.4, -0.2) is 0 Å². The first-order valence-corrected chi connectivity index (χ1v) is 4.35. The molecule has 0 N–H and O–H groups in total. The third-order valence-corrected chi connectivity index (χ3v) is 1.88. The molecule has 1 aromatic rings. The van der Waals surface area contributed by atoms with Gasteiger partial charge in [0, 0.05) is 0 Å². The Kier molecular flexibility index (Phi) is 3.54. The van der Waals surface area contributed by atoms with Crippen LogP contribution >= 0.6 is 0 Å². The van der Waals surface area contributed by atoms with E-state index in [9.17, 15) is 0 Å². The molecule has 0 amide bonds. The van der Waals surface area contributed by atoms with Crippen molar-refractivity contribution in [2.75, 3.05) is 0 Å². The lowest BCUT2D eigenvalue weighted by Crippen LogP contribution is -1.84. The van der Waals surface area contributed by atoms with E-state index in [1.807, 2.05) is 19.9 Å². The average Bonchev–Trinajstić information content (AvgIpc) is 2.53. The number of furan rings is 1. The Labute approximate surface area is 88.0 Å². The molecule has 0 aromatic carbocycles. The Balaban J connectivity index is 2.56. The van der Waals surface area contributed by atoms with Gasteiger partial charge in [-0.2, -0.15) is 10.5 Å². The normalized spacial score (nSPS) is 8.80. The fourth-order valence-corrected chi connectivity index (χ4v) is 1.01. The summed E-state index contributed by atoms with van der Waals surface area (Å²) in [5.41, 5.74) is 0.994. The zero-order valence-corrected chi connectivity index (χ0v) is 8.57. The number of ether oxygens (including phenoxy) is 1. The minimum absolute atomic E-state index is 0.0602. The van der Waals surface area contributed by atoms with Crippen LogP contribution in [0.4, 0.5) is 0 Å². The van der Waals surface area contributed by atoms with E-state index in [2.05, 4.69) is 0 Å². The van der Waals surface area contributed by atoms with Crippen LogP contribution in [0.25, 0.3) is 0 Å². The first-order chi connectivity index (χ1) is 7.17. The number of hydrogen-bond donors (Lipinski definition) is 0. The van der Waals surface area contributed by atoms with Gasteiger partial charge < -0.3 is 9.15 Å². The first kappa shape index (κ1) is 10.9. The third kappa shape index (κ3) is 2.89. The van der Waals surface area contributed by atoms with Gasteiger partial charge in [0.05, 0.1) is 0 Å². The van der Waals surface area contributed by atoms with Crippen LogP contribution in [0.3, 0.4) is 0 Å². The summed E-state index contributed by atoms with van der Waals surface area (Å²) in [5.74, 6) is 1.52. The Morgan fingerprint density at radius 2 is 2.13 bits per heavy atom. The van der Waals surface area contributed by atoms with Crippen molar-refractivity contribution in [2.45, 2.75) is 20.5 Å². The summed E-state index contributed by atoms with van der Waals surface area (Å²) in [5, 5.41) is 16.9. The Morgan fingerprint density at radius 3 is 2.60 bits per heavy atom. The van der Waals surface area contributed by atoms with Gasteiger partial charge >= 0.3 is 0 Å². The molecule has 0 fully saturated rings. The molecule has 0 atom stereocenters. The number of nitrogens with zero attached hydrogens (tertiary/aromatic N) is 2. The molecule has 0 saturated carbocycles. The molecular weight excluding hydrogens is 192 g/mol. The van der Waals surface area contributed by atoms with E-state index in [0.717, 1.165) is 17.6 Å². The Bertz CT molecular complexity index is 422. The van der Waals surface area contributed by atoms with Gasteiger partial charge in [0.15, 0.2) is 5.57 Å². The van der Waals surface area contributed by atoms with Gasteiger partial charge in [-0.15, -0.1) is 0 Å². The van der Waals surface area contributed by atoms with E-state index >= 15 is 0 Å². The van der Waals surface area contributed by atoms with Gasteiger partial charge in [-0.3, -0.25) is 0 Å². The molecule has 0 aliphatic carbocycles. The van der Waals surface area contributed by atoms with Crippen LogP contribution in [0, 0.1) is 36.5 Å². The van der Waals surface area contributed by atoms with Crippen molar-refractivity contribution < 1.29 is 9.15 Å². The lowest BCUT2D eigenvalue weighted by molar-refractivity contribution is 0.207. The van der Waals surface area contributed by atoms with Crippen molar-refractivity contribution in [1.29, 1.82) is 10.5 Å². The lowest BCUT2D eigenvalue weighted by atomic mass is 10.3. The standard InChI is InChI=1S/C11H10N2O2/c1-8-3-11(15-9(8)2)7-14-6-10(4-12)5-13/h3,6H,7H2,1-2H3. The molecule has 1 aromatic heterocycles. The maximum atomic E-state index is 8.43. The highest BCUT2D eigenvalue weighted by Gasteiger charge is 2.02. The largest absolute Gasteiger partial charge is 0.491 e. The zero-order valence-electron chi connectivity index (χ0n) is 8.57. The number of allylic oxidation sites excluding steroid dienone is 1. The molecule has 1 rings (SSSR count). The predicted octanol–water partition coefficient (Wildman–Crippen LogP) is 2.34. The lowest BCUT2D eigenvalue weighted by Gasteiger charge is -1.95. The number of nitriles is 2. The molecule has 4 nitrogen and oxygen atoms in total. The maximum Gasteiger partial charge on any atom is 0.164 e. The van der Waals surface area contributed by atoms with Crippen LogP contribution in [0.2, 0.25) is 0 Å². The number of rotatable bonds is 3. The van der Waals surface area contributed by atoms with E-state index in [-0.39, 0.29) is 12.2 Å². The van der Waals surface area contributed by atoms with Crippen molar-refractivity contribution in [3.8, 4) is 12.1 Å². The van der Waals surface area contributed by atoms with E-state index in [1.165, 1.54) is 0 Å². The van der Waals surface area contributed by atoms with Gasteiger partial charge in [0.25, 0.3) is 0 Å². The van der Waals surface area contributed by atoms with Crippen LogP contribution in [-0.2, 0) is 11.3 Å². The molecule has 0 radical (unpaired) electrons. The molecular formula is C11H10N2O2. The maximum absolute atomic E-state index is 8.43. The molecule has 0 unspecified atom stereocenters. The fraction of sp³-hybridized carbons (Fsp3) is 0.273. The fourth-order valence-electron chi connectivity index (χ4n) is 1.01. The van der Waals surface area contributed by atoms with Gasteiger partial charge in [-0.1, -0.05) is 0 Å². The van der Waals surface area contributed by atoms with Crippen LogP contribution in [0.1, 0.15) is 17.1 Å². The highest BCUT2D eigenvalue weighted by atomic mass is 16.5. The van der Waals surface area contributed by atoms with E-state index < -0.39 is 0 Å². The van der Waals surface area contributed by atoms with Crippen molar-refractivity contribution in [3.63, 3.8) is 0 Å². The third-order valence-electron chi connectivity index (χ3n) is 1.88. The molecule has 4 heteroatoms. The Hall–Kier alpha value is -2.20. The van der Waals surface area contributed by atoms with Crippen LogP contribution in [0.15, 0.2) is 22.3 Å².